The Morgan fingerprint density at radius 1 is 1.33 bits per heavy atom. The van der Waals surface area contributed by atoms with Crippen molar-refractivity contribution in [2.24, 2.45) is 0 Å². The van der Waals surface area contributed by atoms with Crippen molar-refractivity contribution in [3.63, 3.8) is 0 Å². The molecule has 0 atom stereocenters. The Hall–Kier alpha value is -2.44. The number of hydrogen-bond donors (Lipinski definition) is 1. The zero-order valence-corrected chi connectivity index (χ0v) is 16.6. The van der Waals surface area contributed by atoms with E-state index in [0.717, 1.165) is 46.7 Å². The number of methoxy groups -OCH3 is 1. The van der Waals surface area contributed by atoms with Crippen LogP contribution in [0.15, 0.2) is 30.5 Å². The average Bonchev–Trinajstić information content (AvgIpc) is 2.97. The molecule has 27 heavy (non-hydrogen) atoms. The zero-order valence-electron chi connectivity index (χ0n) is 15.0. The van der Waals surface area contributed by atoms with Gasteiger partial charge in [0.1, 0.15) is 10.9 Å². The average molecular weight is 400 g/mol. The number of benzene rings is 1. The van der Waals surface area contributed by atoms with Crippen LogP contribution in [0.2, 0.25) is 5.15 Å². The first-order valence-electron chi connectivity index (χ1n) is 8.66. The number of halogens is 1. The molecule has 4 rings (SSSR count). The second-order valence-corrected chi connectivity index (χ2v) is 7.80. The summed E-state index contributed by atoms with van der Waals surface area (Å²) in [6.45, 7) is 1.87. The normalized spacial score (nSPS) is 12.7. The number of rotatable bonds is 3. The zero-order chi connectivity index (χ0) is 19.0. The molecule has 0 spiro atoms. The van der Waals surface area contributed by atoms with E-state index in [2.05, 4.69) is 21.4 Å². The SMILES string of the molecule is COc1cccc2c1CCCc1nc(NC(=O)c3cc(C)cnc3Cl)sc1-2. The predicted octanol–water partition coefficient (Wildman–Crippen LogP) is 4.92. The first-order chi connectivity index (χ1) is 13.1. The van der Waals surface area contributed by atoms with Gasteiger partial charge < -0.3 is 4.74 Å². The molecular formula is C20H18ClN3O2S. The predicted molar refractivity (Wildman–Crippen MR) is 108 cm³/mol. The maximum atomic E-state index is 12.6. The summed E-state index contributed by atoms with van der Waals surface area (Å²) in [5, 5.41) is 3.63. The van der Waals surface area contributed by atoms with Crippen LogP contribution in [0.3, 0.4) is 0 Å². The molecule has 2 heterocycles. The summed E-state index contributed by atoms with van der Waals surface area (Å²) in [4.78, 5) is 22.4. The van der Waals surface area contributed by atoms with Crippen molar-refractivity contribution in [2.75, 3.05) is 12.4 Å². The number of carbonyl (C=O) groups is 1. The van der Waals surface area contributed by atoms with Crippen LogP contribution in [0.4, 0.5) is 5.13 Å². The van der Waals surface area contributed by atoms with Crippen molar-refractivity contribution in [1.82, 2.24) is 9.97 Å². The van der Waals surface area contributed by atoms with E-state index in [-0.39, 0.29) is 11.1 Å². The van der Waals surface area contributed by atoms with Gasteiger partial charge in [0.25, 0.3) is 5.91 Å². The molecule has 0 aliphatic heterocycles. The number of thiazole rings is 1. The summed E-state index contributed by atoms with van der Waals surface area (Å²) in [6.07, 6.45) is 4.45. The molecule has 0 saturated heterocycles. The number of nitrogens with one attached hydrogen (secondary N) is 1. The first kappa shape index (κ1) is 17.9. The Morgan fingerprint density at radius 3 is 3.00 bits per heavy atom. The number of aryl methyl sites for hydroxylation is 2. The summed E-state index contributed by atoms with van der Waals surface area (Å²) in [6, 6.07) is 7.79. The van der Waals surface area contributed by atoms with Gasteiger partial charge in [-0.05, 0) is 43.9 Å². The van der Waals surface area contributed by atoms with Gasteiger partial charge in [0.15, 0.2) is 5.13 Å². The third-order valence-electron chi connectivity index (χ3n) is 4.58. The Balaban J connectivity index is 1.68. The van der Waals surface area contributed by atoms with E-state index in [1.165, 1.54) is 16.9 Å². The highest BCUT2D eigenvalue weighted by atomic mass is 35.5. The number of aromatic nitrogens is 2. The minimum Gasteiger partial charge on any atom is -0.496 e. The molecule has 3 aromatic rings. The van der Waals surface area contributed by atoms with Gasteiger partial charge in [0, 0.05) is 17.3 Å². The van der Waals surface area contributed by atoms with Gasteiger partial charge in [-0.3, -0.25) is 10.1 Å². The molecular weight excluding hydrogens is 382 g/mol. The van der Waals surface area contributed by atoms with Crippen molar-refractivity contribution in [2.45, 2.75) is 26.2 Å². The van der Waals surface area contributed by atoms with E-state index in [0.29, 0.717) is 10.7 Å². The Labute approximate surface area is 166 Å². The van der Waals surface area contributed by atoms with E-state index in [1.807, 2.05) is 19.1 Å². The third-order valence-corrected chi connectivity index (χ3v) is 5.92. The number of nitrogens with zero attached hydrogens (tertiary/aromatic N) is 2. The van der Waals surface area contributed by atoms with Crippen LogP contribution >= 0.6 is 22.9 Å². The molecule has 0 bridgehead atoms. The van der Waals surface area contributed by atoms with Gasteiger partial charge in [-0.1, -0.05) is 35.1 Å². The van der Waals surface area contributed by atoms with E-state index in [9.17, 15) is 4.79 Å². The molecule has 1 amide bonds. The fourth-order valence-corrected chi connectivity index (χ4v) is 4.57. The standard InChI is InChI=1S/C20H18ClN3O2S/c1-11-9-14(18(21)22-10-11)19(25)24-20-23-15-7-3-5-12-13(17(15)27-20)6-4-8-16(12)26-2/h4,6,8-10H,3,5,7H2,1-2H3,(H,23,24,25). The number of amides is 1. The first-order valence-corrected chi connectivity index (χ1v) is 9.85. The lowest BCUT2D eigenvalue weighted by atomic mass is 10.0. The van der Waals surface area contributed by atoms with Crippen LogP contribution in [0.1, 0.15) is 33.6 Å². The molecule has 5 nitrogen and oxygen atoms in total. The number of anilines is 1. The topological polar surface area (TPSA) is 64.1 Å². The summed E-state index contributed by atoms with van der Waals surface area (Å²) in [5.41, 5.74) is 4.57. The molecule has 1 aromatic carbocycles. The quantitative estimate of drug-likeness (QED) is 0.635. The molecule has 7 heteroatoms. The number of carbonyl (C=O) groups excluding carboxylic acids is 1. The molecule has 0 unspecified atom stereocenters. The van der Waals surface area contributed by atoms with Crippen LogP contribution in [0.25, 0.3) is 10.4 Å². The largest absolute Gasteiger partial charge is 0.496 e. The molecule has 138 valence electrons. The van der Waals surface area contributed by atoms with Gasteiger partial charge in [0.05, 0.1) is 23.2 Å². The minimum atomic E-state index is -0.300. The molecule has 1 N–H and O–H groups in total. The highest BCUT2D eigenvalue weighted by Crippen LogP contribution is 2.41. The second-order valence-electron chi connectivity index (χ2n) is 6.44. The molecule has 0 radical (unpaired) electrons. The highest BCUT2D eigenvalue weighted by Gasteiger charge is 2.23. The lowest BCUT2D eigenvalue weighted by Crippen LogP contribution is -2.13. The van der Waals surface area contributed by atoms with Gasteiger partial charge in [0.2, 0.25) is 0 Å². The van der Waals surface area contributed by atoms with Crippen molar-refractivity contribution in [3.8, 4) is 16.2 Å². The van der Waals surface area contributed by atoms with Crippen LogP contribution < -0.4 is 10.1 Å². The fourth-order valence-electron chi connectivity index (χ4n) is 3.32. The maximum Gasteiger partial charge on any atom is 0.260 e. The van der Waals surface area contributed by atoms with Crippen LogP contribution in [0.5, 0.6) is 5.75 Å². The van der Waals surface area contributed by atoms with Crippen molar-refractivity contribution >= 4 is 34.0 Å². The second kappa shape index (κ2) is 7.29. The van der Waals surface area contributed by atoms with Crippen LogP contribution in [-0.4, -0.2) is 23.0 Å². The van der Waals surface area contributed by atoms with Crippen molar-refractivity contribution < 1.29 is 9.53 Å². The lowest BCUT2D eigenvalue weighted by molar-refractivity contribution is 0.102. The van der Waals surface area contributed by atoms with E-state index < -0.39 is 0 Å². The number of fused-ring (bicyclic) bond motifs is 3. The fraction of sp³-hybridized carbons (Fsp3) is 0.250. The maximum absolute atomic E-state index is 12.6. The lowest BCUT2D eigenvalue weighted by Gasteiger charge is -2.10. The Kier molecular flexibility index (Phi) is 4.85. The van der Waals surface area contributed by atoms with E-state index in [4.69, 9.17) is 16.3 Å². The molecule has 2 aromatic heterocycles. The monoisotopic (exact) mass is 399 g/mol. The Morgan fingerprint density at radius 2 is 2.19 bits per heavy atom. The smallest absolute Gasteiger partial charge is 0.260 e. The van der Waals surface area contributed by atoms with Crippen LogP contribution in [-0.2, 0) is 12.8 Å². The van der Waals surface area contributed by atoms with Gasteiger partial charge in [-0.2, -0.15) is 0 Å². The van der Waals surface area contributed by atoms with Gasteiger partial charge in [-0.25, -0.2) is 9.97 Å². The van der Waals surface area contributed by atoms with Gasteiger partial charge in [-0.15, -0.1) is 0 Å². The van der Waals surface area contributed by atoms with Gasteiger partial charge >= 0.3 is 0 Å². The summed E-state index contributed by atoms with van der Waals surface area (Å²) in [5.74, 6) is 0.600. The minimum absolute atomic E-state index is 0.186. The van der Waals surface area contributed by atoms with E-state index >= 15 is 0 Å². The summed E-state index contributed by atoms with van der Waals surface area (Å²) in [7, 11) is 1.69. The van der Waals surface area contributed by atoms with Crippen molar-refractivity contribution in [3.05, 3.63) is 58.0 Å². The molecule has 0 saturated carbocycles. The highest BCUT2D eigenvalue weighted by molar-refractivity contribution is 7.19. The molecule has 0 fully saturated rings. The van der Waals surface area contributed by atoms with Crippen molar-refractivity contribution in [1.29, 1.82) is 0 Å². The van der Waals surface area contributed by atoms with E-state index in [1.54, 1.807) is 19.4 Å². The Bertz CT molecular complexity index is 1030. The molecule has 1 aliphatic rings. The number of ether oxygens (including phenoxy) is 1. The van der Waals surface area contributed by atoms with Crippen LogP contribution in [0, 0.1) is 6.92 Å². The number of pyridine rings is 1. The summed E-state index contributed by atoms with van der Waals surface area (Å²) < 4.78 is 5.53. The third kappa shape index (κ3) is 3.42. The summed E-state index contributed by atoms with van der Waals surface area (Å²) >= 11 is 7.56. The number of hydrogen-bond acceptors (Lipinski definition) is 5. The molecule has 1 aliphatic carbocycles.